The summed E-state index contributed by atoms with van der Waals surface area (Å²) >= 11 is 0.603. The molecule has 1 saturated heterocycles. The minimum Gasteiger partial charge on any atom is -0.507 e. The lowest BCUT2D eigenvalue weighted by Crippen LogP contribution is -2.29. The van der Waals surface area contributed by atoms with Crippen LogP contribution in [-0.2, 0) is 19.4 Å². The molecule has 0 aliphatic carbocycles. The van der Waals surface area contributed by atoms with E-state index in [-0.39, 0.29) is 36.6 Å². The van der Waals surface area contributed by atoms with Gasteiger partial charge in [0.15, 0.2) is 5.13 Å². The monoisotopic (exact) mass is 579 g/mol. The number of carbonyl (C=O) groups is 2. The van der Waals surface area contributed by atoms with Crippen molar-refractivity contribution < 1.29 is 32.4 Å². The van der Waals surface area contributed by atoms with Crippen molar-refractivity contribution in [3.63, 3.8) is 0 Å². The number of hydrogen-bond acceptors (Lipinski definition) is 9. The van der Waals surface area contributed by atoms with Gasteiger partial charge < -0.3 is 5.11 Å². The number of benzene rings is 3. The molecule has 1 atom stereocenters. The molecule has 40 heavy (non-hydrogen) atoms. The number of anilines is 1. The van der Waals surface area contributed by atoms with Crippen molar-refractivity contribution in [3.05, 3.63) is 117 Å². The number of ketones is 1. The first-order valence-corrected chi connectivity index (χ1v) is 13.9. The van der Waals surface area contributed by atoms with Crippen LogP contribution < -0.4 is 4.90 Å². The summed E-state index contributed by atoms with van der Waals surface area (Å²) < 4.78 is 39.9. The van der Waals surface area contributed by atoms with E-state index >= 15 is 0 Å². The maximum absolute atomic E-state index is 13.7. The average molecular weight is 580 g/mol. The molecule has 0 radical (unpaired) electrons. The van der Waals surface area contributed by atoms with Gasteiger partial charge >= 0.3 is 5.91 Å². The SMILES string of the molecule is Cc1ccc(C(O)=C2C(=O)C(=O)N(c3ncc(S(=O)(=O)c4ccc([N+](=O)[O-])cc4)s3)[C@@H]2c2ccc(F)cc2)cc1. The molecule has 10 nitrogen and oxygen atoms in total. The number of aromatic nitrogens is 1. The Morgan fingerprint density at radius 2 is 1.65 bits per heavy atom. The highest BCUT2D eigenvalue weighted by Crippen LogP contribution is 2.44. The third-order valence-corrected chi connectivity index (χ3v) is 9.48. The first-order chi connectivity index (χ1) is 19.0. The molecule has 2 heterocycles. The number of non-ortho nitro benzene ring substituents is 1. The van der Waals surface area contributed by atoms with Gasteiger partial charge in [0.25, 0.3) is 11.5 Å². The van der Waals surface area contributed by atoms with Crippen LogP contribution in [0.1, 0.15) is 22.7 Å². The molecule has 1 fully saturated rings. The molecular weight excluding hydrogens is 561 g/mol. The number of thiazole rings is 1. The lowest BCUT2D eigenvalue weighted by Gasteiger charge is -2.23. The van der Waals surface area contributed by atoms with Crippen LogP contribution in [0.2, 0.25) is 0 Å². The van der Waals surface area contributed by atoms with Crippen molar-refractivity contribution in [1.82, 2.24) is 4.98 Å². The van der Waals surface area contributed by atoms with Crippen molar-refractivity contribution in [2.45, 2.75) is 22.1 Å². The van der Waals surface area contributed by atoms with Gasteiger partial charge in [0.1, 0.15) is 15.8 Å². The molecule has 0 saturated carbocycles. The summed E-state index contributed by atoms with van der Waals surface area (Å²) in [5, 5.41) is 21.9. The molecule has 1 amide bonds. The molecule has 1 aliphatic rings. The summed E-state index contributed by atoms with van der Waals surface area (Å²) in [6.07, 6.45) is 1.01. The minimum atomic E-state index is -4.19. The van der Waals surface area contributed by atoms with Crippen LogP contribution in [0.3, 0.4) is 0 Å². The fraction of sp³-hybridized carbons (Fsp3) is 0.0741. The Morgan fingerprint density at radius 3 is 2.25 bits per heavy atom. The molecule has 0 unspecified atom stereocenters. The van der Waals surface area contributed by atoms with E-state index in [9.17, 15) is 37.6 Å². The van der Waals surface area contributed by atoms with Crippen LogP contribution in [-0.4, -0.2) is 35.1 Å². The van der Waals surface area contributed by atoms with Gasteiger partial charge in [-0.05, 0) is 36.8 Å². The average Bonchev–Trinajstić information content (AvgIpc) is 3.53. The van der Waals surface area contributed by atoms with E-state index < -0.39 is 44.1 Å². The van der Waals surface area contributed by atoms with Gasteiger partial charge in [0, 0.05) is 17.7 Å². The second-order valence-corrected chi connectivity index (χ2v) is 12.0. The van der Waals surface area contributed by atoms with Gasteiger partial charge in [0.2, 0.25) is 9.84 Å². The molecule has 3 aromatic carbocycles. The van der Waals surface area contributed by atoms with Gasteiger partial charge in [-0.25, -0.2) is 17.8 Å². The predicted octanol–water partition coefficient (Wildman–Crippen LogP) is 4.96. The Morgan fingerprint density at radius 1 is 1.02 bits per heavy atom. The maximum Gasteiger partial charge on any atom is 0.301 e. The number of carbonyl (C=O) groups excluding carboxylic acids is 2. The normalized spacial score (nSPS) is 16.9. The molecule has 1 aromatic heterocycles. The van der Waals surface area contributed by atoms with Gasteiger partial charge in [-0.15, -0.1) is 0 Å². The highest BCUT2D eigenvalue weighted by atomic mass is 32.2. The van der Waals surface area contributed by atoms with E-state index in [0.717, 1.165) is 53.1 Å². The Bertz CT molecular complexity index is 1800. The Kier molecular flexibility index (Phi) is 6.77. The van der Waals surface area contributed by atoms with Crippen molar-refractivity contribution >= 4 is 49.4 Å². The molecule has 0 bridgehead atoms. The van der Waals surface area contributed by atoms with Gasteiger partial charge in [-0.3, -0.25) is 24.6 Å². The molecule has 202 valence electrons. The fourth-order valence-electron chi connectivity index (χ4n) is 4.21. The minimum absolute atomic E-state index is 0.153. The summed E-state index contributed by atoms with van der Waals surface area (Å²) in [6.45, 7) is 1.84. The number of rotatable bonds is 6. The van der Waals surface area contributed by atoms with Crippen LogP contribution in [0.15, 0.2) is 93.7 Å². The predicted molar refractivity (Wildman–Crippen MR) is 143 cm³/mol. The molecule has 1 aliphatic heterocycles. The van der Waals surface area contributed by atoms with Gasteiger partial charge in [-0.2, -0.15) is 0 Å². The van der Waals surface area contributed by atoms with E-state index in [0.29, 0.717) is 11.3 Å². The number of amides is 1. The first kappa shape index (κ1) is 26.8. The van der Waals surface area contributed by atoms with Crippen molar-refractivity contribution in [2.24, 2.45) is 0 Å². The van der Waals surface area contributed by atoms with Crippen LogP contribution in [0.4, 0.5) is 15.2 Å². The number of aliphatic hydroxyl groups excluding tert-OH is 1. The van der Waals surface area contributed by atoms with Crippen LogP contribution in [0.25, 0.3) is 5.76 Å². The van der Waals surface area contributed by atoms with E-state index in [1.807, 2.05) is 6.92 Å². The summed E-state index contributed by atoms with van der Waals surface area (Å²) in [4.78, 5) is 41.6. The van der Waals surface area contributed by atoms with Crippen molar-refractivity contribution in [3.8, 4) is 0 Å². The number of aliphatic hydroxyl groups is 1. The number of Topliss-reactive ketones (excluding diaryl/α,β-unsaturated/α-hetero) is 1. The molecule has 4 aromatic rings. The number of hydrogen-bond donors (Lipinski definition) is 1. The second-order valence-electron chi connectivity index (χ2n) is 8.80. The van der Waals surface area contributed by atoms with Crippen molar-refractivity contribution in [1.29, 1.82) is 0 Å². The van der Waals surface area contributed by atoms with Gasteiger partial charge in [0.05, 0.1) is 27.6 Å². The first-order valence-electron chi connectivity index (χ1n) is 11.6. The topological polar surface area (TPSA) is 148 Å². The third-order valence-electron chi connectivity index (χ3n) is 6.26. The quantitative estimate of drug-likeness (QED) is 0.111. The Balaban J connectivity index is 1.62. The highest BCUT2D eigenvalue weighted by molar-refractivity contribution is 7.93. The largest absolute Gasteiger partial charge is 0.507 e. The Hall–Kier alpha value is -4.75. The number of aryl methyl sites for hydroxylation is 1. The number of nitrogens with zero attached hydrogens (tertiary/aromatic N) is 3. The molecule has 5 rings (SSSR count). The standard InChI is InChI=1S/C27H18FN3O7S2/c1-15-2-4-17(5-3-15)24(32)22-23(16-6-8-18(28)9-7-16)30(26(34)25(22)33)27-29-14-21(39-27)40(37,38)20-12-10-19(11-13-20)31(35)36/h2-14,23,32H,1H3/t23-/m1/s1. The highest BCUT2D eigenvalue weighted by Gasteiger charge is 2.48. The number of halogens is 1. The van der Waals surface area contributed by atoms with Crippen LogP contribution >= 0.6 is 11.3 Å². The zero-order chi connectivity index (χ0) is 28.8. The van der Waals surface area contributed by atoms with E-state index in [1.54, 1.807) is 24.3 Å². The maximum atomic E-state index is 13.7. The number of nitro benzene ring substituents is 1. The second kappa shape index (κ2) is 10.1. The summed E-state index contributed by atoms with van der Waals surface area (Å²) in [7, 11) is -4.19. The van der Waals surface area contributed by atoms with E-state index in [2.05, 4.69) is 4.98 Å². The van der Waals surface area contributed by atoms with Crippen LogP contribution in [0, 0.1) is 22.9 Å². The summed E-state index contributed by atoms with van der Waals surface area (Å²) in [5.41, 5.74) is 0.896. The molecule has 13 heteroatoms. The zero-order valence-electron chi connectivity index (χ0n) is 20.5. The number of nitro groups is 1. The number of sulfone groups is 1. The van der Waals surface area contributed by atoms with Gasteiger partial charge in [-0.1, -0.05) is 53.3 Å². The molecule has 1 N–H and O–H groups in total. The van der Waals surface area contributed by atoms with Crippen molar-refractivity contribution in [2.75, 3.05) is 4.90 Å². The molecule has 0 spiro atoms. The third kappa shape index (κ3) is 4.65. The smallest absolute Gasteiger partial charge is 0.301 e. The fourth-order valence-corrected chi connectivity index (χ4v) is 6.75. The lowest BCUT2D eigenvalue weighted by molar-refractivity contribution is -0.384. The van der Waals surface area contributed by atoms with E-state index in [4.69, 9.17) is 0 Å². The Labute approximate surface area is 230 Å². The molecular formula is C27H18FN3O7S2. The van der Waals surface area contributed by atoms with Crippen LogP contribution in [0.5, 0.6) is 0 Å². The summed E-state index contributed by atoms with van der Waals surface area (Å²) in [6, 6.07) is 14.6. The summed E-state index contributed by atoms with van der Waals surface area (Å²) in [5.74, 6) is -3.10. The zero-order valence-corrected chi connectivity index (χ0v) is 22.1. The van der Waals surface area contributed by atoms with E-state index in [1.165, 1.54) is 12.1 Å². The lowest BCUT2D eigenvalue weighted by atomic mass is 9.95.